The Balaban J connectivity index is 0.00000363. The number of guanidine groups is 1. The molecule has 9 heteroatoms. The Labute approximate surface area is 209 Å². The zero-order valence-corrected chi connectivity index (χ0v) is 22.1. The van der Waals surface area contributed by atoms with Gasteiger partial charge in [0.2, 0.25) is 0 Å². The van der Waals surface area contributed by atoms with Crippen LogP contribution in [0, 0.1) is 6.92 Å². The van der Waals surface area contributed by atoms with E-state index in [0.29, 0.717) is 19.2 Å². The van der Waals surface area contributed by atoms with E-state index in [1.807, 2.05) is 37.6 Å². The van der Waals surface area contributed by atoms with E-state index >= 15 is 0 Å². The molecule has 1 atom stereocenters. The smallest absolute Gasteiger partial charge is 0.191 e. The van der Waals surface area contributed by atoms with Gasteiger partial charge in [-0.1, -0.05) is 19.1 Å². The lowest BCUT2D eigenvalue weighted by Crippen LogP contribution is -2.45. The maximum Gasteiger partial charge on any atom is 0.191 e. The number of ether oxygens (including phenoxy) is 1. The van der Waals surface area contributed by atoms with Gasteiger partial charge in [0.1, 0.15) is 18.1 Å². The van der Waals surface area contributed by atoms with Crippen LogP contribution in [0.2, 0.25) is 0 Å². The third kappa shape index (κ3) is 7.61. The monoisotopic (exact) mass is 555 g/mol. The number of halogens is 1. The number of aryl methyl sites for hydroxylation is 1. The van der Waals surface area contributed by atoms with Gasteiger partial charge in [-0.15, -0.1) is 34.2 Å². The van der Waals surface area contributed by atoms with Crippen molar-refractivity contribution in [1.82, 2.24) is 30.3 Å². The van der Waals surface area contributed by atoms with E-state index in [0.717, 1.165) is 49.4 Å². The van der Waals surface area contributed by atoms with Crippen molar-refractivity contribution in [2.75, 3.05) is 32.8 Å². The maximum absolute atomic E-state index is 5.61. The van der Waals surface area contributed by atoms with Crippen molar-refractivity contribution in [3.63, 3.8) is 0 Å². The van der Waals surface area contributed by atoms with Crippen molar-refractivity contribution < 1.29 is 4.74 Å². The summed E-state index contributed by atoms with van der Waals surface area (Å²) in [5, 5.41) is 15.4. The van der Waals surface area contributed by atoms with Crippen molar-refractivity contribution >= 4 is 29.9 Å². The van der Waals surface area contributed by atoms with Gasteiger partial charge in [0.25, 0.3) is 0 Å². The molecule has 0 spiro atoms. The number of aromatic nitrogens is 3. The molecule has 2 heterocycles. The van der Waals surface area contributed by atoms with E-state index in [9.17, 15) is 0 Å². The van der Waals surface area contributed by atoms with Gasteiger partial charge in [0.15, 0.2) is 11.8 Å². The Bertz CT molecular complexity index is 855. The number of rotatable bonds is 10. The molecule has 178 valence electrons. The fourth-order valence-corrected chi connectivity index (χ4v) is 3.95. The third-order valence-electron chi connectivity index (χ3n) is 5.89. The van der Waals surface area contributed by atoms with E-state index in [1.165, 1.54) is 24.9 Å². The molecule has 1 aliphatic rings. The summed E-state index contributed by atoms with van der Waals surface area (Å²) in [6.45, 7) is 11.3. The SMILES string of the molecule is CCOc1cccc(CCNC(=NCc2nnc(C)n2C)NCC2CCCN2CC)c1.I. The first kappa shape index (κ1) is 26.4. The lowest BCUT2D eigenvalue weighted by molar-refractivity contribution is 0.267. The predicted molar refractivity (Wildman–Crippen MR) is 140 cm³/mol. The van der Waals surface area contributed by atoms with E-state index < -0.39 is 0 Å². The summed E-state index contributed by atoms with van der Waals surface area (Å²) in [6.07, 6.45) is 3.41. The molecule has 0 amide bonds. The van der Waals surface area contributed by atoms with E-state index in [4.69, 9.17) is 9.73 Å². The van der Waals surface area contributed by atoms with Crippen molar-refractivity contribution in [2.45, 2.75) is 52.6 Å². The molecule has 0 bridgehead atoms. The van der Waals surface area contributed by atoms with Crippen LogP contribution >= 0.6 is 24.0 Å². The number of aliphatic imine (C=N–C) groups is 1. The highest BCUT2D eigenvalue weighted by molar-refractivity contribution is 14.0. The fraction of sp³-hybridized carbons (Fsp3) is 0.609. The highest BCUT2D eigenvalue weighted by atomic mass is 127. The molecule has 0 radical (unpaired) electrons. The zero-order valence-electron chi connectivity index (χ0n) is 19.8. The van der Waals surface area contributed by atoms with E-state index in [2.05, 4.69) is 44.8 Å². The average Bonchev–Trinajstić information content (AvgIpc) is 3.36. The molecule has 1 aliphatic heterocycles. The maximum atomic E-state index is 5.61. The highest BCUT2D eigenvalue weighted by Crippen LogP contribution is 2.16. The van der Waals surface area contributed by atoms with Gasteiger partial charge < -0.3 is 19.9 Å². The summed E-state index contributed by atoms with van der Waals surface area (Å²) in [6, 6.07) is 8.85. The summed E-state index contributed by atoms with van der Waals surface area (Å²) < 4.78 is 7.60. The molecule has 1 aromatic heterocycles. The first-order valence-electron chi connectivity index (χ1n) is 11.4. The van der Waals surface area contributed by atoms with Gasteiger partial charge >= 0.3 is 0 Å². The topological polar surface area (TPSA) is 79.6 Å². The minimum atomic E-state index is 0. The average molecular weight is 556 g/mol. The van der Waals surface area contributed by atoms with Crippen molar-refractivity contribution in [3.8, 4) is 5.75 Å². The quantitative estimate of drug-likeness (QED) is 0.267. The minimum absolute atomic E-state index is 0. The minimum Gasteiger partial charge on any atom is -0.494 e. The molecular formula is C23H38IN7O. The van der Waals surface area contributed by atoms with E-state index in [-0.39, 0.29) is 24.0 Å². The first-order valence-corrected chi connectivity index (χ1v) is 11.4. The summed E-state index contributed by atoms with van der Waals surface area (Å²) in [5.41, 5.74) is 1.25. The second-order valence-corrected chi connectivity index (χ2v) is 7.95. The van der Waals surface area contributed by atoms with Crippen LogP contribution in [0.4, 0.5) is 0 Å². The van der Waals surface area contributed by atoms with Crippen LogP contribution in [0.1, 0.15) is 43.9 Å². The summed E-state index contributed by atoms with van der Waals surface area (Å²) >= 11 is 0. The van der Waals surface area contributed by atoms with Crippen LogP contribution in [0.5, 0.6) is 5.75 Å². The van der Waals surface area contributed by atoms with Gasteiger partial charge in [-0.3, -0.25) is 4.90 Å². The van der Waals surface area contributed by atoms with Gasteiger partial charge in [0, 0.05) is 26.2 Å². The van der Waals surface area contributed by atoms with Crippen molar-refractivity contribution in [2.24, 2.45) is 12.0 Å². The Hall–Kier alpha value is -1.88. The largest absolute Gasteiger partial charge is 0.494 e. The van der Waals surface area contributed by atoms with Crippen molar-refractivity contribution in [1.29, 1.82) is 0 Å². The third-order valence-corrected chi connectivity index (χ3v) is 5.89. The van der Waals surface area contributed by atoms with Crippen LogP contribution in [0.3, 0.4) is 0 Å². The molecule has 3 rings (SSSR count). The molecule has 0 aliphatic carbocycles. The number of nitrogens with one attached hydrogen (secondary N) is 2. The molecule has 1 aromatic carbocycles. The second-order valence-electron chi connectivity index (χ2n) is 7.95. The van der Waals surface area contributed by atoms with Crippen LogP contribution < -0.4 is 15.4 Å². The van der Waals surface area contributed by atoms with Gasteiger partial charge in [0.05, 0.1) is 6.61 Å². The molecule has 1 unspecified atom stereocenters. The van der Waals surface area contributed by atoms with Gasteiger partial charge in [-0.25, -0.2) is 4.99 Å². The summed E-state index contributed by atoms with van der Waals surface area (Å²) in [5.74, 6) is 3.50. The van der Waals surface area contributed by atoms with Gasteiger partial charge in [-0.2, -0.15) is 0 Å². The Kier molecular flexibility index (Phi) is 11.2. The molecule has 1 fully saturated rings. The highest BCUT2D eigenvalue weighted by Gasteiger charge is 2.22. The zero-order chi connectivity index (χ0) is 22.1. The number of likely N-dealkylation sites (N-methyl/N-ethyl adjacent to an activating group) is 1. The molecule has 32 heavy (non-hydrogen) atoms. The van der Waals surface area contributed by atoms with Gasteiger partial charge in [-0.05, 0) is 63.9 Å². The standard InChI is InChI=1S/C23H37N7O.HI/c1-5-30-14-8-10-20(30)16-25-23(26-17-22-28-27-18(3)29(22)4)24-13-12-19-9-7-11-21(15-19)31-6-2;/h7,9,11,15,20H,5-6,8,10,12-14,16-17H2,1-4H3,(H2,24,25,26);1H. The van der Waals surface area contributed by atoms with E-state index in [1.54, 1.807) is 0 Å². The molecule has 2 aromatic rings. The second kappa shape index (κ2) is 13.6. The molecule has 8 nitrogen and oxygen atoms in total. The number of hydrogen-bond acceptors (Lipinski definition) is 5. The molecule has 2 N–H and O–H groups in total. The Morgan fingerprint density at radius 1 is 1.25 bits per heavy atom. The lowest BCUT2D eigenvalue weighted by atomic mass is 10.1. The normalized spacial score (nSPS) is 16.6. The predicted octanol–water partition coefficient (Wildman–Crippen LogP) is 2.90. The number of hydrogen-bond donors (Lipinski definition) is 2. The number of benzene rings is 1. The fourth-order valence-electron chi connectivity index (χ4n) is 3.95. The molecule has 0 saturated carbocycles. The summed E-state index contributed by atoms with van der Waals surface area (Å²) in [7, 11) is 1.98. The van der Waals surface area contributed by atoms with Crippen LogP contribution in [-0.4, -0.2) is 64.5 Å². The summed E-state index contributed by atoms with van der Waals surface area (Å²) in [4.78, 5) is 7.32. The van der Waals surface area contributed by atoms with Crippen LogP contribution in [0.15, 0.2) is 29.3 Å². The lowest BCUT2D eigenvalue weighted by Gasteiger charge is -2.24. The number of likely N-dealkylation sites (tertiary alicyclic amines) is 1. The van der Waals surface area contributed by atoms with Crippen LogP contribution in [0.25, 0.3) is 0 Å². The molecule has 1 saturated heterocycles. The van der Waals surface area contributed by atoms with Crippen molar-refractivity contribution in [3.05, 3.63) is 41.5 Å². The Morgan fingerprint density at radius 2 is 2.09 bits per heavy atom. The first-order chi connectivity index (χ1) is 15.1. The molecular weight excluding hydrogens is 517 g/mol. The number of nitrogens with zero attached hydrogens (tertiary/aromatic N) is 5. The van der Waals surface area contributed by atoms with Crippen LogP contribution in [-0.2, 0) is 20.0 Å². The Morgan fingerprint density at radius 3 is 2.81 bits per heavy atom.